The monoisotopic (exact) mass is 538 g/mol. The summed E-state index contributed by atoms with van der Waals surface area (Å²) in [5.74, 6) is 0.639. The Kier molecular flexibility index (Phi) is 12.8. The first-order chi connectivity index (χ1) is 18.0. The zero-order chi connectivity index (χ0) is 26.5. The van der Waals surface area contributed by atoms with Gasteiger partial charge < -0.3 is 35.1 Å². The van der Waals surface area contributed by atoms with Crippen LogP contribution < -0.4 is 16.0 Å². The highest BCUT2D eigenvalue weighted by atomic mass is 35.5. The molecule has 1 aromatic carbocycles. The van der Waals surface area contributed by atoms with Gasteiger partial charge in [-0.15, -0.1) is 0 Å². The number of urea groups is 1. The molecule has 0 saturated carbocycles. The topological polar surface area (TPSA) is 101 Å². The Morgan fingerprint density at radius 3 is 2.86 bits per heavy atom. The van der Waals surface area contributed by atoms with Gasteiger partial charge in [-0.1, -0.05) is 30.2 Å². The van der Waals surface area contributed by atoms with Crippen LogP contribution in [0.3, 0.4) is 0 Å². The number of nitrogens with zero attached hydrogens (tertiary/aromatic N) is 1. The quantitative estimate of drug-likeness (QED) is 0.369. The summed E-state index contributed by atoms with van der Waals surface area (Å²) >= 11 is 6.27. The van der Waals surface area contributed by atoms with E-state index in [-0.39, 0.29) is 24.1 Å². The number of carbonyl (C=O) groups excluding carboxylic acids is 2. The Morgan fingerprint density at radius 2 is 2.08 bits per heavy atom. The van der Waals surface area contributed by atoms with Gasteiger partial charge in [0.1, 0.15) is 0 Å². The van der Waals surface area contributed by atoms with Gasteiger partial charge in [0, 0.05) is 56.4 Å². The minimum absolute atomic E-state index is 0.0423. The standard InChI is InChI=1S/C27H43ClN4O5/c1-29-24(15-20-7-3-4-13-36-19-20)17-31-26(33)32-12-6-9-22(18-32)25(21-8-5-10-23(28)16-21)37-14-11-30-27(34)35-2/h5,8,10,16,20,22,24-25,29H,3-4,6-7,9,11-15,17-19H2,1-2H3,(H,30,34)(H,31,33). The number of nitrogens with one attached hydrogen (secondary N) is 3. The van der Waals surface area contributed by atoms with Gasteiger partial charge in [0.15, 0.2) is 0 Å². The molecule has 10 heteroatoms. The molecular weight excluding hydrogens is 496 g/mol. The van der Waals surface area contributed by atoms with Crippen molar-refractivity contribution >= 4 is 23.7 Å². The summed E-state index contributed by atoms with van der Waals surface area (Å²) in [6.07, 6.45) is 5.61. The maximum atomic E-state index is 13.1. The molecule has 3 amide bonds. The van der Waals surface area contributed by atoms with Crippen molar-refractivity contribution in [3.05, 3.63) is 34.9 Å². The van der Waals surface area contributed by atoms with Crippen LogP contribution in [0, 0.1) is 11.8 Å². The summed E-state index contributed by atoms with van der Waals surface area (Å²) < 4.78 is 16.6. The number of likely N-dealkylation sites (tertiary alicyclic amines) is 1. The molecule has 3 rings (SSSR count). The summed E-state index contributed by atoms with van der Waals surface area (Å²) in [6, 6.07) is 7.82. The van der Waals surface area contributed by atoms with Gasteiger partial charge in [-0.2, -0.15) is 0 Å². The average Bonchev–Trinajstić information content (AvgIpc) is 3.19. The Labute approximate surface area is 225 Å². The minimum atomic E-state index is -0.491. The summed E-state index contributed by atoms with van der Waals surface area (Å²) in [5.41, 5.74) is 0.971. The van der Waals surface area contributed by atoms with Crippen molar-refractivity contribution in [3.8, 4) is 0 Å². The van der Waals surface area contributed by atoms with Crippen LogP contribution in [-0.2, 0) is 14.2 Å². The van der Waals surface area contributed by atoms with Crippen molar-refractivity contribution in [1.82, 2.24) is 20.9 Å². The summed E-state index contributed by atoms with van der Waals surface area (Å²) in [7, 11) is 3.28. The van der Waals surface area contributed by atoms with Crippen LogP contribution in [0.1, 0.15) is 50.2 Å². The van der Waals surface area contributed by atoms with Crippen LogP contribution in [0.15, 0.2) is 24.3 Å². The molecule has 4 atom stereocenters. The second kappa shape index (κ2) is 16.0. The second-order valence-corrected chi connectivity index (χ2v) is 10.4. The molecule has 208 valence electrons. The van der Waals surface area contributed by atoms with E-state index in [1.54, 1.807) is 0 Å². The molecule has 0 spiro atoms. The molecule has 2 aliphatic rings. The van der Waals surface area contributed by atoms with Crippen LogP contribution in [0.5, 0.6) is 0 Å². The van der Waals surface area contributed by atoms with Crippen LogP contribution in [0.2, 0.25) is 5.02 Å². The first kappa shape index (κ1) is 29.5. The van der Waals surface area contributed by atoms with E-state index in [0.717, 1.165) is 51.0 Å². The normalized spacial score (nSPS) is 22.0. The maximum Gasteiger partial charge on any atom is 0.406 e. The first-order valence-corrected chi connectivity index (χ1v) is 13.8. The lowest BCUT2D eigenvalue weighted by Crippen LogP contribution is -2.50. The van der Waals surface area contributed by atoms with Gasteiger partial charge in [0.2, 0.25) is 0 Å². The number of carbonyl (C=O) groups is 2. The minimum Gasteiger partial charge on any atom is -0.453 e. The molecule has 9 nitrogen and oxygen atoms in total. The van der Waals surface area contributed by atoms with E-state index in [0.29, 0.717) is 37.2 Å². The van der Waals surface area contributed by atoms with E-state index in [4.69, 9.17) is 21.1 Å². The zero-order valence-electron chi connectivity index (χ0n) is 22.2. The predicted octanol–water partition coefficient (Wildman–Crippen LogP) is 3.97. The van der Waals surface area contributed by atoms with E-state index in [9.17, 15) is 9.59 Å². The molecule has 0 aromatic heterocycles. The number of ether oxygens (including phenoxy) is 3. The Morgan fingerprint density at radius 1 is 1.22 bits per heavy atom. The molecule has 1 aromatic rings. The van der Waals surface area contributed by atoms with Gasteiger partial charge >= 0.3 is 12.1 Å². The van der Waals surface area contributed by atoms with Crippen LogP contribution >= 0.6 is 11.6 Å². The molecule has 0 aliphatic carbocycles. The Balaban J connectivity index is 1.55. The van der Waals surface area contributed by atoms with E-state index in [2.05, 4.69) is 20.7 Å². The number of halogens is 1. The highest BCUT2D eigenvalue weighted by Gasteiger charge is 2.31. The van der Waals surface area contributed by atoms with Gasteiger partial charge in [0.25, 0.3) is 0 Å². The highest BCUT2D eigenvalue weighted by Crippen LogP contribution is 2.34. The van der Waals surface area contributed by atoms with Crippen molar-refractivity contribution < 1.29 is 23.8 Å². The molecule has 2 heterocycles. The molecular formula is C27H43ClN4O5. The molecule has 2 saturated heterocycles. The lowest BCUT2D eigenvalue weighted by molar-refractivity contribution is -0.00850. The lowest BCUT2D eigenvalue weighted by atomic mass is 9.88. The van der Waals surface area contributed by atoms with E-state index < -0.39 is 6.09 Å². The van der Waals surface area contributed by atoms with E-state index >= 15 is 0 Å². The number of alkyl carbamates (subject to hydrolysis) is 1. The van der Waals surface area contributed by atoms with E-state index in [1.807, 2.05) is 36.2 Å². The maximum absolute atomic E-state index is 13.1. The van der Waals surface area contributed by atoms with Gasteiger partial charge in [-0.25, -0.2) is 9.59 Å². The van der Waals surface area contributed by atoms with Gasteiger partial charge in [-0.3, -0.25) is 0 Å². The van der Waals surface area contributed by atoms with Crippen molar-refractivity contribution in [2.24, 2.45) is 11.8 Å². The number of amides is 3. The number of hydrogen-bond acceptors (Lipinski definition) is 6. The van der Waals surface area contributed by atoms with Crippen LogP contribution in [0.4, 0.5) is 9.59 Å². The molecule has 2 fully saturated rings. The molecule has 0 bridgehead atoms. The number of likely N-dealkylation sites (N-methyl/N-ethyl adjacent to an activating group) is 1. The lowest BCUT2D eigenvalue weighted by Gasteiger charge is -2.37. The fourth-order valence-electron chi connectivity index (χ4n) is 5.23. The smallest absolute Gasteiger partial charge is 0.406 e. The fourth-order valence-corrected chi connectivity index (χ4v) is 5.42. The van der Waals surface area contributed by atoms with Crippen LogP contribution in [-0.4, -0.2) is 83.2 Å². The average molecular weight is 539 g/mol. The number of benzene rings is 1. The summed E-state index contributed by atoms with van der Waals surface area (Å²) in [6.45, 7) is 4.21. The molecule has 4 unspecified atom stereocenters. The van der Waals surface area contributed by atoms with Crippen LogP contribution in [0.25, 0.3) is 0 Å². The largest absolute Gasteiger partial charge is 0.453 e. The van der Waals surface area contributed by atoms with E-state index in [1.165, 1.54) is 20.0 Å². The molecule has 37 heavy (non-hydrogen) atoms. The fraction of sp³-hybridized carbons (Fsp3) is 0.704. The van der Waals surface area contributed by atoms with Gasteiger partial charge in [-0.05, 0) is 62.8 Å². The third kappa shape index (κ3) is 9.96. The van der Waals surface area contributed by atoms with Crippen molar-refractivity contribution in [2.45, 2.75) is 50.7 Å². The number of piperidine rings is 1. The first-order valence-electron chi connectivity index (χ1n) is 13.5. The molecule has 2 aliphatic heterocycles. The molecule has 3 N–H and O–H groups in total. The third-order valence-corrected chi connectivity index (χ3v) is 7.47. The van der Waals surface area contributed by atoms with Crippen molar-refractivity contribution in [3.63, 3.8) is 0 Å². The van der Waals surface area contributed by atoms with Crippen molar-refractivity contribution in [1.29, 1.82) is 0 Å². The molecule has 0 radical (unpaired) electrons. The number of methoxy groups -OCH3 is 1. The Bertz CT molecular complexity index is 837. The Hall–Kier alpha value is -2.07. The third-order valence-electron chi connectivity index (χ3n) is 7.24. The predicted molar refractivity (Wildman–Crippen MR) is 144 cm³/mol. The number of rotatable bonds is 11. The van der Waals surface area contributed by atoms with Crippen molar-refractivity contribution in [2.75, 3.05) is 60.2 Å². The SMILES string of the molecule is CNC(CNC(=O)N1CCCC(C(OCCNC(=O)OC)c2cccc(Cl)c2)C1)CC1CCCCOC1. The number of hydrogen-bond donors (Lipinski definition) is 3. The van der Waals surface area contributed by atoms with Gasteiger partial charge in [0.05, 0.1) is 19.8 Å². The highest BCUT2D eigenvalue weighted by molar-refractivity contribution is 6.30. The second-order valence-electron chi connectivity index (χ2n) is 9.96. The summed E-state index contributed by atoms with van der Waals surface area (Å²) in [4.78, 5) is 26.4. The summed E-state index contributed by atoms with van der Waals surface area (Å²) in [5, 5.41) is 9.80. The zero-order valence-corrected chi connectivity index (χ0v) is 22.9.